The van der Waals surface area contributed by atoms with E-state index in [0.717, 1.165) is 24.9 Å². The molecule has 0 spiro atoms. The minimum Gasteiger partial charge on any atom is -0.377 e. The van der Waals surface area contributed by atoms with Crippen molar-refractivity contribution in [3.05, 3.63) is 35.9 Å². The van der Waals surface area contributed by atoms with Crippen LogP contribution in [0.15, 0.2) is 30.3 Å². The van der Waals surface area contributed by atoms with Crippen LogP contribution in [0.2, 0.25) is 0 Å². The molecule has 5 nitrogen and oxygen atoms in total. The Kier molecular flexibility index (Phi) is 6.87. The van der Waals surface area contributed by atoms with E-state index in [-0.39, 0.29) is 5.75 Å². The zero-order valence-electron chi connectivity index (χ0n) is 14.9. The normalized spacial score (nSPS) is 21.1. The zero-order valence-corrected chi connectivity index (χ0v) is 15.7. The molecule has 1 saturated heterocycles. The lowest BCUT2D eigenvalue weighted by Crippen LogP contribution is -2.43. The fourth-order valence-electron chi connectivity index (χ4n) is 3.29. The molecule has 25 heavy (non-hydrogen) atoms. The Hall–Kier alpha value is -0.950. The molecule has 0 radical (unpaired) electrons. The highest BCUT2D eigenvalue weighted by Gasteiger charge is 2.32. The topological polar surface area (TPSA) is 58.6 Å². The number of rotatable bonds is 11. The van der Waals surface area contributed by atoms with Gasteiger partial charge < -0.3 is 10.1 Å². The number of sulfonamides is 1. The summed E-state index contributed by atoms with van der Waals surface area (Å²) in [6.45, 7) is 3.36. The highest BCUT2D eigenvalue weighted by molar-refractivity contribution is 7.89. The summed E-state index contributed by atoms with van der Waals surface area (Å²) in [6, 6.07) is 10.3. The standard InChI is InChI=1S/C19H30N2O3S/c22-25(23,13-5-12-24-16-18-6-2-1-3-7-18)21(14-17-9-10-17)15-19-8-4-11-20-19/h1-3,6-7,17,19-20H,4-5,8-16H2. The predicted octanol–water partition coefficient (Wildman–Crippen LogP) is 2.39. The Morgan fingerprint density at radius 3 is 2.60 bits per heavy atom. The summed E-state index contributed by atoms with van der Waals surface area (Å²) < 4.78 is 32.9. The van der Waals surface area contributed by atoms with Crippen LogP contribution >= 0.6 is 0 Å². The summed E-state index contributed by atoms with van der Waals surface area (Å²) in [5.74, 6) is 0.756. The molecular weight excluding hydrogens is 336 g/mol. The molecule has 1 aliphatic heterocycles. The van der Waals surface area contributed by atoms with E-state index in [1.807, 2.05) is 30.3 Å². The molecule has 1 saturated carbocycles. The van der Waals surface area contributed by atoms with Crippen LogP contribution in [0.3, 0.4) is 0 Å². The number of hydrogen-bond donors (Lipinski definition) is 1. The average Bonchev–Trinajstić information content (AvgIpc) is 3.27. The minimum atomic E-state index is -3.20. The molecule has 3 rings (SSSR count). The molecule has 1 N–H and O–H groups in total. The summed E-state index contributed by atoms with van der Waals surface area (Å²) in [6.07, 6.45) is 5.12. The van der Waals surface area contributed by atoms with E-state index in [9.17, 15) is 8.42 Å². The van der Waals surface area contributed by atoms with Crippen LogP contribution in [-0.2, 0) is 21.4 Å². The summed E-state index contributed by atoms with van der Waals surface area (Å²) in [4.78, 5) is 0. The van der Waals surface area contributed by atoms with E-state index >= 15 is 0 Å². The Bertz CT molecular complexity index is 611. The van der Waals surface area contributed by atoms with E-state index < -0.39 is 10.0 Å². The molecule has 6 heteroatoms. The lowest BCUT2D eigenvalue weighted by atomic mass is 10.2. The Balaban J connectivity index is 1.42. The SMILES string of the molecule is O=S(=O)(CCCOCc1ccccc1)N(CC1CC1)CC1CCCN1. The second kappa shape index (κ2) is 9.12. The third kappa shape index (κ3) is 6.37. The summed E-state index contributed by atoms with van der Waals surface area (Å²) in [5.41, 5.74) is 1.12. The van der Waals surface area contributed by atoms with Gasteiger partial charge in [-0.1, -0.05) is 30.3 Å². The van der Waals surface area contributed by atoms with Gasteiger partial charge in [-0.05, 0) is 50.1 Å². The molecule has 0 aromatic heterocycles. The monoisotopic (exact) mass is 366 g/mol. The molecule has 140 valence electrons. The first kappa shape index (κ1) is 18.8. The van der Waals surface area contributed by atoms with Crippen molar-refractivity contribution in [2.45, 2.75) is 44.8 Å². The fraction of sp³-hybridized carbons (Fsp3) is 0.684. The van der Waals surface area contributed by atoms with Crippen LogP contribution in [0.25, 0.3) is 0 Å². The zero-order chi connectivity index (χ0) is 17.5. The second-order valence-electron chi connectivity index (χ2n) is 7.26. The van der Waals surface area contributed by atoms with E-state index in [1.54, 1.807) is 4.31 Å². The lowest BCUT2D eigenvalue weighted by molar-refractivity contribution is 0.121. The Morgan fingerprint density at radius 2 is 1.92 bits per heavy atom. The van der Waals surface area contributed by atoms with Gasteiger partial charge in [0.1, 0.15) is 0 Å². The van der Waals surface area contributed by atoms with Gasteiger partial charge in [-0.15, -0.1) is 0 Å². The van der Waals surface area contributed by atoms with Crippen molar-refractivity contribution in [2.24, 2.45) is 5.92 Å². The molecule has 0 bridgehead atoms. The predicted molar refractivity (Wildman–Crippen MR) is 99.8 cm³/mol. The Labute approximate surface area is 151 Å². The van der Waals surface area contributed by atoms with E-state index in [0.29, 0.717) is 44.7 Å². The third-order valence-electron chi connectivity index (χ3n) is 4.94. The summed E-state index contributed by atoms with van der Waals surface area (Å²) in [7, 11) is -3.20. The van der Waals surface area contributed by atoms with Crippen LogP contribution in [0.5, 0.6) is 0 Å². The Morgan fingerprint density at radius 1 is 1.12 bits per heavy atom. The molecule has 1 unspecified atom stereocenters. The molecule has 1 aromatic carbocycles. The van der Waals surface area contributed by atoms with Crippen LogP contribution in [-0.4, -0.2) is 50.8 Å². The first-order chi connectivity index (χ1) is 12.1. The molecule has 2 aliphatic rings. The van der Waals surface area contributed by atoms with Gasteiger partial charge in [-0.3, -0.25) is 0 Å². The molecule has 1 aliphatic carbocycles. The lowest BCUT2D eigenvalue weighted by Gasteiger charge is -2.25. The van der Waals surface area contributed by atoms with E-state index in [4.69, 9.17) is 4.74 Å². The van der Waals surface area contributed by atoms with Gasteiger partial charge in [0.25, 0.3) is 0 Å². The van der Waals surface area contributed by atoms with Crippen molar-refractivity contribution in [3.8, 4) is 0 Å². The first-order valence-electron chi connectivity index (χ1n) is 9.46. The van der Waals surface area contributed by atoms with E-state index in [1.165, 1.54) is 12.8 Å². The summed E-state index contributed by atoms with van der Waals surface area (Å²) in [5, 5.41) is 3.42. The largest absolute Gasteiger partial charge is 0.377 e. The van der Waals surface area contributed by atoms with Crippen molar-refractivity contribution in [2.75, 3.05) is 32.0 Å². The maximum atomic E-state index is 12.8. The molecule has 2 fully saturated rings. The van der Waals surface area contributed by atoms with Gasteiger partial charge in [0, 0.05) is 25.7 Å². The number of nitrogens with one attached hydrogen (secondary N) is 1. The molecular formula is C19H30N2O3S. The highest BCUT2D eigenvalue weighted by Crippen LogP contribution is 2.31. The van der Waals surface area contributed by atoms with Crippen molar-refractivity contribution in [1.82, 2.24) is 9.62 Å². The van der Waals surface area contributed by atoms with Crippen molar-refractivity contribution >= 4 is 10.0 Å². The highest BCUT2D eigenvalue weighted by atomic mass is 32.2. The molecule has 1 heterocycles. The number of nitrogens with zero attached hydrogens (tertiary/aromatic N) is 1. The molecule has 0 amide bonds. The molecule has 1 aromatic rings. The number of benzene rings is 1. The van der Waals surface area contributed by atoms with Gasteiger partial charge >= 0.3 is 0 Å². The summed E-state index contributed by atoms with van der Waals surface area (Å²) >= 11 is 0. The molecule has 1 atom stereocenters. The van der Waals surface area contributed by atoms with Crippen LogP contribution in [0.1, 0.15) is 37.7 Å². The van der Waals surface area contributed by atoms with Crippen LogP contribution < -0.4 is 5.32 Å². The van der Waals surface area contributed by atoms with Gasteiger partial charge in [0.05, 0.1) is 12.4 Å². The smallest absolute Gasteiger partial charge is 0.214 e. The van der Waals surface area contributed by atoms with Gasteiger partial charge in [-0.2, -0.15) is 0 Å². The minimum absolute atomic E-state index is 0.182. The first-order valence-corrected chi connectivity index (χ1v) is 11.1. The van der Waals surface area contributed by atoms with Gasteiger partial charge in [-0.25, -0.2) is 12.7 Å². The van der Waals surface area contributed by atoms with Crippen LogP contribution in [0, 0.1) is 5.92 Å². The second-order valence-corrected chi connectivity index (χ2v) is 9.35. The van der Waals surface area contributed by atoms with Crippen molar-refractivity contribution in [3.63, 3.8) is 0 Å². The van der Waals surface area contributed by atoms with E-state index in [2.05, 4.69) is 5.32 Å². The maximum Gasteiger partial charge on any atom is 0.214 e. The van der Waals surface area contributed by atoms with Gasteiger partial charge in [0.2, 0.25) is 10.0 Å². The quantitative estimate of drug-likeness (QED) is 0.611. The van der Waals surface area contributed by atoms with Crippen molar-refractivity contribution < 1.29 is 13.2 Å². The number of ether oxygens (including phenoxy) is 1. The van der Waals surface area contributed by atoms with Crippen LogP contribution in [0.4, 0.5) is 0 Å². The fourth-order valence-corrected chi connectivity index (χ4v) is 4.87. The van der Waals surface area contributed by atoms with Crippen molar-refractivity contribution in [1.29, 1.82) is 0 Å². The number of hydrogen-bond acceptors (Lipinski definition) is 4. The average molecular weight is 367 g/mol. The third-order valence-corrected chi connectivity index (χ3v) is 6.83. The van der Waals surface area contributed by atoms with Gasteiger partial charge in [0.15, 0.2) is 0 Å². The maximum absolute atomic E-state index is 12.8.